The van der Waals surface area contributed by atoms with Gasteiger partial charge in [0.2, 0.25) is 0 Å². The van der Waals surface area contributed by atoms with Gasteiger partial charge in [0, 0.05) is 8.99 Å². The number of benzene rings is 1. The summed E-state index contributed by atoms with van der Waals surface area (Å²) < 4.78 is 1.19. The van der Waals surface area contributed by atoms with Crippen LogP contribution >= 0.6 is 22.6 Å². The number of carboxylic acid groups (broad SMARTS) is 1. The maximum Gasteiger partial charge on any atom is 0.309 e. The van der Waals surface area contributed by atoms with E-state index in [0.717, 1.165) is 68.9 Å². The fourth-order valence-corrected chi connectivity index (χ4v) is 12.9. The van der Waals surface area contributed by atoms with Crippen LogP contribution in [0.25, 0.3) is 6.08 Å². The van der Waals surface area contributed by atoms with Crippen LogP contribution in [0.15, 0.2) is 42.0 Å². The van der Waals surface area contributed by atoms with Gasteiger partial charge >= 0.3 is 5.97 Å². The average Bonchev–Trinajstić information content (AvgIpc) is 3.29. The third kappa shape index (κ3) is 3.93. The summed E-state index contributed by atoms with van der Waals surface area (Å²) in [6.07, 6.45) is 11.1. The van der Waals surface area contributed by atoms with Crippen molar-refractivity contribution in [3.8, 4) is 0 Å². The molecule has 0 aromatic heterocycles. The van der Waals surface area contributed by atoms with Crippen LogP contribution < -0.4 is 0 Å². The van der Waals surface area contributed by atoms with Gasteiger partial charge in [0.1, 0.15) is 0 Å². The summed E-state index contributed by atoms with van der Waals surface area (Å²) in [4.78, 5) is 27.0. The summed E-state index contributed by atoms with van der Waals surface area (Å²) >= 11 is 2.35. The van der Waals surface area contributed by atoms with Crippen molar-refractivity contribution in [3.05, 3.63) is 51.1 Å². The van der Waals surface area contributed by atoms with Crippen molar-refractivity contribution in [2.24, 2.45) is 56.7 Å². The van der Waals surface area contributed by atoms with E-state index in [1.165, 1.54) is 9.14 Å². The molecule has 41 heavy (non-hydrogen) atoms. The Morgan fingerprint density at radius 1 is 0.976 bits per heavy atom. The first-order valence-electron chi connectivity index (χ1n) is 16.0. The van der Waals surface area contributed by atoms with Crippen molar-refractivity contribution in [2.45, 2.75) is 99.3 Å². The third-order valence-corrected chi connectivity index (χ3v) is 14.9. The van der Waals surface area contributed by atoms with E-state index in [9.17, 15) is 14.7 Å². The molecule has 1 aromatic carbocycles. The predicted octanol–water partition coefficient (Wildman–Crippen LogP) is 9.60. The summed E-state index contributed by atoms with van der Waals surface area (Å²) in [6, 6.07) is 8.48. The highest BCUT2D eigenvalue weighted by Gasteiger charge is 2.72. The molecule has 1 aromatic rings. The first kappa shape index (κ1) is 29.6. The molecule has 3 nitrogen and oxygen atoms in total. The van der Waals surface area contributed by atoms with E-state index in [1.807, 2.05) is 0 Å². The smallest absolute Gasteiger partial charge is 0.309 e. The zero-order valence-corrected chi connectivity index (χ0v) is 28.1. The minimum atomic E-state index is -0.583. The topological polar surface area (TPSA) is 54.4 Å². The summed E-state index contributed by atoms with van der Waals surface area (Å²) in [6.45, 7) is 18.6. The number of allylic oxidation sites excluding steroid dienone is 2. The Kier molecular flexibility index (Phi) is 6.89. The van der Waals surface area contributed by atoms with Crippen LogP contribution in [0.4, 0.5) is 0 Å². The van der Waals surface area contributed by atoms with Crippen LogP contribution in [-0.2, 0) is 9.59 Å². The fourth-order valence-electron chi connectivity index (χ4n) is 12.3. The van der Waals surface area contributed by atoms with Crippen LogP contribution in [0, 0.1) is 60.2 Å². The fraction of sp³-hybridized carbons (Fsp3) is 0.676. The number of carbonyl (C=O) groups excluding carboxylic acids is 1. The molecule has 5 fully saturated rings. The molecule has 0 saturated heterocycles. The van der Waals surface area contributed by atoms with Gasteiger partial charge in [-0.15, -0.1) is 0 Å². The lowest BCUT2D eigenvalue weighted by Crippen LogP contribution is -2.67. The number of hydrogen-bond donors (Lipinski definition) is 1. The lowest BCUT2D eigenvalue weighted by molar-refractivity contribution is -0.231. The number of rotatable bonds is 3. The Balaban J connectivity index is 1.42. The molecular formula is C37H49IO3. The van der Waals surface area contributed by atoms with Crippen molar-refractivity contribution in [1.82, 2.24) is 0 Å². The predicted molar refractivity (Wildman–Crippen MR) is 174 cm³/mol. The van der Waals surface area contributed by atoms with E-state index in [2.05, 4.69) is 101 Å². The number of carbonyl (C=O) groups is 2. The molecule has 0 radical (unpaired) electrons. The Bertz CT molecular complexity index is 1340. The molecule has 0 unspecified atom stereocenters. The van der Waals surface area contributed by atoms with E-state index in [-0.39, 0.29) is 27.6 Å². The molecule has 0 bridgehead atoms. The molecule has 4 heteroatoms. The molecule has 0 heterocycles. The van der Waals surface area contributed by atoms with E-state index >= 15 is 0 Å². The molecule has 5 aliphatic carbocycles. The van der Waals surface area contributed by atoms with Gasteiger partial charge in [-0.3, -0.25) is 9.59 Å². The molecule has 222 valence electrons. The van der Waals surface area contributed by atoms with Gasteiger partial charge in [0.15, 0.2) is 5.78 Å². The number of hydrogen-bond acceptors (Lipinski definition) is 2. The zero-order chi connectivity index (χ0) is 29.8. The van der Waals surface area contributed by atoms with Gasteiger partial charge in [-0.25, -0.2) is 0 Å². The molecule has 9 atom stereocenters. The number of ketones is 1. The standard InChI is InChI=1S/C37H49IO3/c1-22(2)26-13-16-37(32(40)41)18-17-35(6)27(30(26)37)11-12-29-34(5)21-24(19-23-9-8-10-25(38)20-23)31(39)33(3,4)28(34)14-15-36(29,35)7/h8-10,19-20,26-30H,1,11-18,21H2,2-7H3,(H,40,41)/t26-,27-,28+,29+,30+,34+,35+,36-,37+/m1/s1. The molecule has 6 rings (SSSR count). The summed E-state index contributed by atoms with van der Waals surface area (Å²) in [5.41, 5.74) is 2.59. The van der Waals surface area contributed by atoms with E-state index in [4.69, 9.17) is 0 Å². The Morgan fingerprint density at radius 2 is 1.71 bits per heavy atom. The molecule has 0 amide bonds. The quantitative estimate of drug-likeness (QED) is 0.198. The minimum Gasteiger partial charge on any atom is -0.481 e. The monoisotopic (exact) mass is 668 g/mol. The molecule has 5 aliphatic rings. The minimum absolute atomic E-state index is 0.0386. The lowest BCUT2D eigenvalue weighted by atomic mass is 9.32. The van der Waals surface area contributed by atoms with Crippen LogP contribution in [0.1, 0.15) is 105 Å². The van der Waals surface area contributed by atoms with Crippen LogP contribution in [0.5, 0.6) is 0 Å². The average molecular weight is 669 g/mol. The van der Waals surface area contributed by atoms with Crippen molar-refractivity contribution < 1.29 is 14.7 Å². The van der Waals surface area contributed by atoms with Gasteiger partial charge in [-0.2, -0.15) is 0 Å². The normalized spacial score (nSPS) is 45.8. The SMILES string of the molecule is C=C(C)[C@H]1CC[C@]2(C(=O)O)CC[C@@]3(C)[C@H](CC[C@H]4[C@@]5(C)CC(=Cc6cccc(I)c6)C(=O)C(C)(C)[C@@H]5CC[C@]43C)[C@H]12. The number of fused-ring (bicyclic) bond motifs is 7. The van der Waals surface area contributed by atoms with Gasteiger partial charge < -0.3 is 5.11 Å². The second-order valence-electron chi connectivity index (χ2n) is 16.1. The number of carboxylic acids is 1. The Labute approximate surface area is 261 Å². The van der Waals surface area contributed by atoms with Crippen molar-refractivity contribution in [3.63, 3.8) is 0 Å². The van der Waals surface area contributed by atoms with Gasteiger partial charge in [-0.05, 0) is 162 Å². The van der Waals surface area contributed by atoms with Crippen molar-refractivity contribution in [2.75, 3.05) is 0 Å². The molecule has 0 aliphatic heterocycles. The first-order chi connectivity index (χ1) is 19.1. The zero-order valence-electron chi connectivity index (χ0n) is 26.0. The van der Waals surface area contributed by atoms with Gasteiger partial charge in [-0.1, -0.05) is 58.9 Å². The second kappa shape index (κ2) is 9.53. The maximum atomic E-state index is 14.1. The third-order valence-electron chi connectivity index (χ3n) is 14.3. The largest absolute Gasteiger partial charge is 0.481 e. The second-order valence-corrected chi connectivity index (χ2v) is 17.3. The van der Waals surface area contributed by atoms with Crippen LogP contribution in [0.3, 0.4) is 0 Å². The number of aliphatic carboxylic acids is 1. The highest BCUT2D eigenvalue weighted by atomic mass is 127. The lowest BCUT2D eigenvalue weighted by Gasteiger charge is -2.72. The van der Waals surface area contributed by atoms with Crippen molar-refractivity contribution in [1.29, 1.82) is 0 Å². The van der Waals surface area contributed by atoms with Crippen LogP contribution in [0.2, 0.25) is 0 Å². The van der Waals surface area contributed by atoms with Gasteiger partial charge in [0.25, 0.3) is 0 Å². The molecule has 5 saturated carbocycles. The summed E-state index contributed by atoms with van der Waals surface area (Å²) in [5.74, 6) is 1.58. The first-order valence-corrected chi connectivity index (χ1v) is 17.1. The molecular weight excluding hydrogens is 619 g/mol. The molecule has 1 N–H and O–H groups in total. The highest BCUT2D eigenvalue weighted by Crippen LogP contribution is 2.77. The van der Waals surface area contributed by atoms with E-state index in [1.54, 1.807) is 0 Å². The maximum absolute atomic E-state index is 14.1. The van der Waals surface area contributed by atoms with Gasteiger partial charge in [0.05, 0.1) is 5.41 Å². The Hall–Kier alpha value is -1.43. The number of halogens is 1. The van der Waals surface area contributed by atoms with E-state index < -0.39 is 11.4 Å². The number of Topliss-reactive ketones (excluding diaryl/α,β-unsaturated/α-hetero) is 1. The summed E-state index contributed by atoms with van der Waals surface area (Å²) in [5, 5.41) is 10.6. The highest BCUT2D eigenvalue weighted by molar-refractivity contribution is 14.1. The van der Waals surface area contributed by atoms with Crippen LogP contribution in [-0.4, -0.2) is 16.9 Å². The van der Waals surface area contributed by atoms with E-state index in [0.29, 0.717) is 29.5 Å². The Morgan fingerprint density at radius 3 is 2.37 bits per heavy atom. The summed E-state index contributed by atoms with van der Waals surface area (Å²) in [7, 11) is 0. The van der Waals surface area contributed by atoms with Crippen molar-refractivity contribution >= 4 is 40.4 Å². The molecule has 0 spiro atoms.